The van der Waals surface area contributed by atoms with Gasteiger partial charge in [-0.3, -0.25) is 14.5 Å². The number of carbonyl (C=O) groups excluding carboxylic acids is 2. The number of carbonyl (C=O) groups is 2. The summed E-state index contributed by atoms with van der Waals surface area (Å²) in [5.41, 5.74) is 8.70. The van der Waals surface area contributed by atoms with Crippen molar-refractivity contribution < 1.29 is 9.59 Å². The minimum Gasteiger partial charge on any atom is -0.369 e. The van der Waals surface area contributed by atoms with Crippen molar-refractivity contribution in [3.8, 4) is 0 Å². The molecular formula is C27H41N9O2. The third kappa shape index (κ3) is 8.37. The van der Waals surface area contributed by atoms with Crippen LogP contribution < -0.4 is 27.0 Å². The van der Waals surface area contributed by atoms with Gasteiger partial charge >= 0.3 is 0 Å². The Morgan fingerprint density at radius 2 is 1.68 bits per heavy atom. The minimum absolute atomic E-state index is 0.124. The maximum Gasteiger partial charge on any atom is 0.256 e. The molecule has 2 aliphatic rings. The maximum atomic E-state index is 13.1. The van der Waals surface area contributed by atoms with E-state index in [1.54, 1.807) is 6.20 Å². The first kappa shape index (κ1) is 27.7. The van der Waals surface area contributed by atoms with Crippen molar-refractivity contribution in [3.63, 3.8) is 0 Å². The Kier molecular flexibility index (Phi) is 10.2. The molecule has 3 heterocycles. The Morgan fingerprint density at radius 1 is 1.00 bits per heavy atom. The summed E-state index contributed by atoms with van der Waals surface area (Å²) in [4.78, 5) is 38.9. The minimum atomic E-state index is -0.545. The van der Waals surface area contributed by atoms with E-state index in [0.717, 1.165) is 51.1 Å². The Hall–Kier alpha value is -3.28. The van der Waals surface area contributed by atoms with E-state index < -0.39 is 6.04 Å². The molecule has 1 aromatic carbocycles. The van der Waals surface area contributed by atoms with Gasteiger partial charge in [-0.25, -0.2) is 4.98 Å². The van der Waals surface area contributed by atoms with Gasteiger partial charge in [-0.15, -0.1) is 0 Å². The fraction of sp³-hybridized carbons (Fsp3) is 0.556. The number of piperazine rings is 1. The first-order valence-electron chi connectivity index (χ1n) is 13.6. The number of benzene rings is 1. The van der Waals surface area contributed by atoms with Gasteiger partial charge in [-0.05, 0) is 43.9 Å². The number of amides is 2. The smallest absolute Gasteiger partial charge is 0.256 e. The zero-order chi connectivity index (χ0) is 26.7. The normalized spacial score (nSPS) is 20.3. The number of nitrogens with two attached hydrogens (primary N) is 1. The van der Waals surface area contributed by atoms with Crippen LogP contribution in [0.1, 0.15) is 47.2 Å². The summed E-state index contributed by atoms with van der Waals surface area (Å²) < 4.78 is 0. The van der Waals surface area contributed by atoms with Crippen LogP contribution in [0.3, 0.4) is 0 Å². The fourth-order valence-electron chi connectivity index (χ4n) is 4.52. The number of nitrogens with one attached hydrogen (secondary N) is 4. The monoisotopic (exact) mass is 523 g/mol. The summed E-state index contributed by atoms with van der Waals surface area (Å²) in [6.45, 7) is 7.53. The second-order valence-electron chi connectivity index (χ2n) is 10.1. The van der Waals surface area contributed by atoms with Crippen molar-refractivity contribution in [1.29, 1.82) is 0 Å². The Morgan fingerprint density at radius 3 is 2.45 bits per heavy atom. The lowest BCUT2D eigenvalue weighted by atomic mass is 10.1. The first-order valence-corrected chi connectivity index (χ1v) is 13.6. The molecule has 206 valence electrons. The van der Waals surface area contributed by atoms with E-state index in [1.165, 1.54) is 5.56 Å². The van der Waals surface area contributed by atoms with E-state index >= 15 is 0 Å². The van der Waals surface area contributed by atoms with Crippen molar-refractivity contribution in [2.45, 2.75) is 44.8 Å². The largest absolute Gasteiger partial charge is 0.369 e. The highest BCUT2D eigenvalue weighted by Gasteiger charge is 2.17. The Labute approximate surface area is 225 Å². The summed E-state index contributed by atoms with van der Waals surface area (Å²) in [6.07, 6.45) is 4.44. The van der Waals surface area contributed by atoms with Crippen LogP contribution in [-0.2, 0) is 17.9 Å². The molecule has 2 amide bonds. The molecule has 0 saturated carbocycles. The first-order chi connectivity index (χ1) is 18.5. The van der Waals surface area contributed by atoms with E-state index in [1.807, 2.05) is 0 Å². The van der Waals surface area contributed by atoms with Gasteiger partial charge in [0.1, 0.15) is 11.4 Å². The summed E-state index contributed by atoms with van der Waals surface area (Å²) in [5, 5.41) is 12.3. The van der Waals surface area contributed by atoms with E-state index in [-0.39, 0.29) is 11.8 Å². The number of likely N-dealkylation sites (N-methyl/N-ethyl adjacent to an activating group) is 1. The molecule has 2 aromatic rings. The lowest BCUT2D eigenvalue weighted by Crippen LogP contribution is -2.43. The van der Waals surface area contributed by atoms with Crippen LogP contribution in [0.15, 0.2) is 30.5 Å². The number of nitrogens with zero attached hydrogens (tertiary/aromatic N) is 4. The van der Waals surface area contributed by atoms with Gasteiger partial charge in [0.25, 0.3) is 5.91 Å². The van der Waals surface area contributed by atoms with Gasteiger partial charge in [-0.2, -0.15) is 4.98 Å². The van der Waals surface area contributed by atoms with Crippen LogP contribution in [0, 0.1) is 0 Å². The molecule has 0 spiro atoms. The van der Waals surface area contributed by atoms with E-state index in [4.69, 9.17) is 5.73 Å². The van der Waals surface area contributed by atoms with Crippen LogP contribution in [0.2, 0.25) is 0 Å². The Bertz CT molecular complexity index is 1060. The Balaban J connectivity index is 1.34. The van der Waals surface area contributed by atoms with Crippen molar-refractivity contribution in [2.75, 3.05) is 63.5 Å². The van der Waals surface area contributed by atoms with Gasteiger partial charge in [0, 0.05) is 65.1 Å². The van der Waals surface area contributed by atoms with Crippen molar-refractivity contribution in [2.24, 2.45) is 5.73 Å². The molecule has 1 aromatic heterocycles. The molecule has 0 aliphatic carbocycles. The summed E-state index contributed by atoms with van der Waals surface area (Å²) in [7, 11) is 2.16. The molecule has 4 rings (SSSR count). The van der Waals surface area contributed by atoms with E-state index in [2.05, 4.69) is 72.3 Å². The van der Waals surface area contributed by atoms with Crippen LogP contribution in [0.25, 0.3) is 0 Å². The zero-order valence-corrected chi connectivity index (χ0v) is 22.3. The standard InChI is InChI=1S/C27H41N9O2/c1-35-13-15-36(16-14-35)19-21-8-6-20(7-9-21)17-32-25(37)22-18-33-27-31-11-3-2-10-30-26(38)23(28)5-4-12-29-24(22)34-27/h6-9,18,23H,2-5,10-17,19,28H2,1H3,(H,30,38)(H,32,37)(H2,29,31,33,34). The second kappa shape index (κ2) is 14.0. The van der Waals surface area contributed by atoms with Crippen LogP contribution >= 0.6 is 0 Å². The average molecular weight is 524 g/mol. The lowest BCUT2D eigenvalue weighted by molar-refractivity contribution is -0.122. The number of anilines is 2. The molecule has 1 atom stereocenters. The van der Waals surface area contributed by atoms with Gasteiger partial charge in [0.2, 0.25) is 11.9 Å². The molecule has 11 nitrogen and oxygen atoms in total. The fourth-order valence-corrected chi connectivity index (χ4v) is 4.52. The van der Waals surface area contributed by atoms with Crippen LogP contribution in [0.4, 0.5) is 11.8 Å². The lowest BCUT2D eigenvalue weighted by Gasteiger charge is -2.32. The molecule has 6 N–H and O–H groups in total. The number of fused-ring (bicyclic) bond motifs is 2. The molecule has 2 bridgehead atoms. The predicted molar refractivity (Wildman–Crippen MR) is 149 cm³/mol. The van der Waals surface area contributed by atoms with Gasteiger partial charge in [-0.1, -0.05) is 24.3 Å². The molecule has 1 fully saturated rings. The highest BCUT2D eigenvalue weighted by molar-refractivity contribution is 5.98. The van der Waals surface area contributed by atoms with Gasteiger partial charge in [0.05, 0.1) is 6.04 Å². The summed E-state index contributed by atoms with van der Waals surface area (Å²) >= 11 is 0. The third-order valence-electron chi connectivity index (χ3n) is 7.02. The number of rotatable bonds is 5. The molecule has 1 unspecified atom stereocenters. The summed E-state index contributed by atoms with van der Waals surface area (Å²) in [6, 6.07) is 7.87. The quantitative estimate of drug-likeness (QED) is 0.388. The molecule has 0 radical (unpaired) electrons. The molecular weight excluding hydrogens is 482 g/mol. The van der Waals surface area contributed by atoms with E-state index in [0.29, 0.717) is 56.4 Å². The van der Waals surface area contributed by atoms with Gasteiger partial charge < -0.3 is 31.9 Å². The van der Waals surface area contributed by atoms with Crippen LogP contribution in [0.5, 0.6) is 0 Å². The van der Waals surface area contributed by atoms with Crippen molar-refractivity contribution in [1.82, 2.24) is 30.4 Å². The molecule has 1 saturated heterocycles. The molecule has 2 aliphatic heterocycles. The summed E-state index contributed by atoms with van der Waals surface area (Å²) in [5.74, 6) is 0.571. The molecule has 38 heavy (non-hydrogen) atoms. The second-order valence-corrected chi connectivity index (χ2v) is 10.1. The average Bonchev–Trinajstić information content (AvgIpc) is 2.93. The highest BCUT2D eigenvalue weighted by atomic mass is 16.2. The third-order valence-corrected chi connectivity index (χ3v) is 7.02. The predicted octanol–water partition coefficient (Wildman–Crippen LogP) is 0.995. The van der Waals surface area contributed by atoms with Crippen molar-refractivity contribution >= 4 is 23.6 Å². The number of hydrogen-bond donors (Lipinski definition) is 5. The topological polar surface area (TPSA) is 141 Å². The van der Waals surface area contributed by atoms with Crippen molar-refractivity contribution in [3.05, 3.63) is 47.2 Å². The maximum absolute atomic E-state index is 13.1. The van der Waals surface area contributed by atoms with Gasteiger partial charge in [0.15, 0.2) is 0 Å². The SMILES string of the molecule is CN1CCN(Cc2ccc(CNC(=O)c3cnc4nc3NCCCC(N)C(=O)NCCCCN4)cc2)CC1. The molecule has 11 heteroatoms. The zero-order valence-electron chi connectivity index (χ0n) is 22.3. The number of aromatic nitrogens is 2. The van der Waals surface area contributed by atoms with Crippen LogP contribution in [-0.4, -0.2) is 90.5 Å². The van der Waals surface area contributed by atoms with E-state index in [9.17, 15) is 9.59 Å². The highest BCUT2D eigenvalue weighted by Crippen LogP contribution is 2.16. The number of hydrogen-bond acceptors (Lipinski definition) is 9.